The summed E-state index contributed by atoms with van der Waals surface area (Å²) in [6.07, 6.45) is 2.74. The molecule has 0 bridgehead atoms. The maximum absolute atomic E-state index is 10.7. The zero-order chi connectivity index (χ0) is 9.10. The van der Waals surface area contributed by atoms with Crippen LogP contribution in [0.1, 0.15) is 12.1 Å². The summed E-state index contributed by atoms with van der Waals surface area (Å²) in [5.41, 5.74) is 0.733. The summed E-state index contributed by atoms with van der Waals surface area (Å²) < 4.78 is 5.21. The van der Waals surface area contributed by atoms with E-state index in [1.807, 2.05) is 0 Å². The van der Waals surface area contributed by atoms with Gasteiger partial charge in [0.15, 0.2) is 0 Å². The molecule has 0 aliphatic carbocycles. The van der Waals surface area contributed by atoms with Crippen molar-refractivity contribution in [1.29, 1.82) is 0 Å². The minimum absolute atomic E-state index is 0.153. The van der Waals surface area contributed by atoms with Gasteiger partial charge in [0.05, 0.1) is 6.61 Å². The highest BCUT2D eigenvalue weighted by molar-refractivity contribution is 4.94. The quantitative estimate of drug-likeness (QED) is 0.596. The Morgan fingerprint density at radius 2 is 2.62 bits per heavy atom. The summed E-state index contributed by atoms with van der Waals surface area (Å²) in [6.45, 7) is 2.29. The molecule has 0 aromatic carbocycles. The summed E-state index contributed by atoms with van der Waals surface area (Å²) in [4.78, 5) is 16.0. The van der Waals surface area contributed by atoms with Gasteiger partial charge >= 0.3 is 5.69 Å². The molecule has 3 N–H and O–H groups in total. The Kier molecular flexibility index (Phi) is 2.47. The predicted octanol–water partition coefficient (Wildman–Crippen LogP) is -0.419. The predicted molar refractivity (Wildman–Crippen MR) is 47.5 cm³/mol. The Hall–Kier alpha value is -1.07. The first-order chi connectivity index (χ1) is 6.34. The summed E-state index contributed by atoms with van der Waals surface area (Å²) in [5.74, 6) is 0. The van der Waals surface area contributed by atoms with Gasteiger partial charge in [-0.05, 0) is 6.42 Å². The first-order valence-corrected chi connectivity index (χ1v) is 4.42. The van der Waals surface area contributed by atoms with Gasteiger partial charge in [-0.2, -0.15) is 0 Å². The van der Waals surface area contributed by atoms with Crippen LogP contribution in [0.4, 0.5) is 0 Å². The fraction of sp³-hybridized carbons (Fsp3) is 0.625. The zero-order valence-corrected chi connectivity index (χ0v) is 7.30. The van der Waals surface area contributed by atoms with Crippen molar-refractivity contribution in [1.82, 2.24) is 15.3 Å². The highest BCUT2D eigenvalue weighted by Gasteiger charge is 2.14. The van der Waals surface area contributed by atoms with Crippen LogP contribution in [-0.2, 0) is 11.3 Å². The number of rotatable bonds is 3. The standard InChI is InChI=1S/C8H13N3O2/c12-8-10-4-7(11-8)3-9-6-1-2-13-5-6/h4,6,9H,1-3,5H2,(H2,10,11,12). The number of aromatic nitrogens is 2. The van der Waals surface area contributed by atoms with Crippen molar-refractivity contribution in [2.75, 3.05) is 13.2 Å². The normalized spacial score (nSPS) is 22.3. The van der Waals surface area contributed by atoms with E-state index in [4.69, 9.17) is 4.74 Å². The van der Waals surface area contributed by atoms with Gasteiger partial charge < -0.3 is 20.0 Å². The van der Waals surface area contributed by atoms with Crippen LogP contribution in [-0.4, -0.2) is 29.2 Å². The molecule has 1 aliphatic rings. The third kappa shape index (κ3) is 2.19. The summed E-state index contributed by atoms with van der Waals surface area (Å²) >= 11 is 0. The van der Waals surface area contributed by atoms with E-state index in [9.17, 15) is 4.79 Å². The lowest BCUT2D eigenvalue weighted by atomic mass is 10.2. The Bertz CT molecular complexity index is 311. The smallest absolute Gasteiger partial charge is 0.323 e. The summed E-state index contributed by atoms with van der Waals surface area (Å²) in [7, 11) is 0. The molecule has 1 unspecified atom stereocenters. The van der Waals surface area contributed by atoms with E-state index in [0.717, 1.165) is 25.3 Å². The SMILES string of the molecule is O=c1[nH]cc(CNC2CCOC2)[nH]1. The number of hydrogen-bond acceptors (Lipinski definition) is 3. The van der Waals surface area contributed by atoms with E-state index in [-0.39, 0.29) is 5.69 Å². The van der Waals surface area contributed by atoms with Crippen LogP contribution >= 0.6 is 0 Å². The second-order valence-corrected chi connectivity index (χ2v) is 3.21. The van der Waals surface area contributed by atoms with Gasteiger partial charge in [0.25, 0.3) is 0 Å². The lowest BCUT2D eigenvalue weighted by Crippen LogP contribution is -2.28. The molecule has 1 aliphatic heterocycles. The molecule has 0 amide bonds. The number of nitrogens with one attached hydrogen (secondary N) is 3. The van der Waals surface area contributed by atoms with Gasteiger partial charge in [-0.15, -0.1) is 0 Å². The average Bonchev–Trinajstić information content (AvgIpc) is 2.71. The van der Waals surface area contributed by atoms with Gasteiger partial charge in [0, 0.05) is 31.1 Å². The van der Waals surface area contributed by atoms with Crippen molar-refractivity contribution >= 4 is 0 Å². The topological polar surface area (TPSA) is 69.9 Å². The Balaban J connectivity index is 1.82. The van der Waals surface area contributed by atoms with Crippen LogP contribution in [0, 0.1) is 0 Å². The lowest BCUT2D eigenvalue weighted by molar-refractivity contribution is 0.189. The maximum Gasteiger partial charge on any atom is 0.323 e. The molecular weight excluding hydrogens is 170 g/mol. The first kappa shape index (κ1) is 8.52. The Morgan fingerprint density at radius 3 is 3.23 bits per heavy atom. The molecule has 1 atom stereocenters. The minimum atomic E-state index is -0.153. The van der Waals surface area contributed by atoms with Crippen LogP contribution in [0.2, 0.25) is 0 Å². The lowest BCUT2D eigenvalue weighted by Gasteiger charge is -2.07. The van der Waals surface area contributed by atoms with E-state index >= 15 is 0 Å². The van der Waals surface area contributed by atoms with Gasteiger partial charge in [0.1, 0.15) is 0 Å². The van der Waals surface area contributed by atoms with Crippen LogP contribution in [0.3, 0.4) is 0 Å². The minimum Gasteiger partial charge on any atom is -0.380 e. The molecule has 1 saturated heterocycles. The van der Waals surface area contributed by atoms with Crippen LogP contribution in [0.5, 0.6) is 0 Å². The molecule has 72 valence electrons. The van der Waals surface area contributed by atoms with Crippen molar-refractivity contribution in [3.8, 4) is 0 Å². The highest BCUT2D eigenvalue weighted by atomic mass is 16.5. The molecule has 1 fully saturated rings. The molecule has 0 saturated carbocycles. The fourth-order valence-electron chi connectivity index (χ4n) is 1.42. The number of hydrogen-bond donors (Lipinski definition) is 3. The maximum atomic E-state index is 10.7. The summed E-state index contributed by atoms with van der Waals surface area (Å²) in [6, 6.07) is 0.429. The van der Waals surface area contributed by atoms with Gasteiger partial charge in [0.2, 0.25) is 0 Å². The second-order valence-electron chi connectivity index (χ2n) is 3.21. The molecule has 0 radical (unpaired) electrons. The molecule has 0 spiro atoms. The van der Waals surface area contributed by atoms with Crippen molar-refractivity contribution in [2.24, 2.45) is 0 Å². The average molecular weight is 183 g/mol. The molecule has 2 heterocycles. The molecule has 2 rings (SSSR count). The van der Waals surface area contributed by atoms with E-state index in [2.05, 4.69) is 15.3 Å². The van der Waals surface area contributed by atoms with Gasteiger partial charge in [-0.25, -0.2) is 4.79 Å². The number of H-pyrrole nitrogens is 2. The van der Waals surface area contributed by atoms with E-state index in [0.29, 0.717) is 12.6 Å². The largest absolute Gasteiger partial charge is 0.380 e. The number of ether oxygens (including phenoxy) is 1. The number of aromatic amines is 2. The van der Waals surface area contributed by atoms with Crippen molar-refractivity contribution in [3.63, 3.8) is 0 Å². The zero-order valence-electron chi connectivity index (χ0n) is 7.30. The Labute approximate surface area is 75.5 Å². The van der Waals surface area contributed by atoms with Crippen molar-refractivity contribution < 1.29 is 4.74 Å². The number of imidazole rings is 1. The van der Waals surface area contributed by atoms with Crippen molar-refractivity contribution in [3.05, 3.63) is 22.4 Å². The second kappa shape index (κ2) is 3.76. The van der Waals surface area contributed by atoms with Crippen molar-refractivity contribution in [2.45, 2.75) is 19.0 Å². The fourth-order valence-corrected chi connectivity index (χ4v) is 1.42. The van der Waals surface area contributed by atoms with E-state index in [1.54, 1.807) is 6.20 Å². The van der Waals surface area contributed by atoms with Crippen LogP contribution < -0.4 is 11.0 Å². The monoisotopic (exact) mass is 183 g/mol. The molecular formula is C8H13N3O2. The van der Waals surface area contributed by atoms with Crippen LogP contribution in [0.25, 0.3) is 0 Å². The van der Waals surface area contributed by atoms with E-state index < -0.39 is 0 Å². The molecule has 5 heteroatoms. The highest BCUT2D eigenvalue weighted by Crippen LogP contribution is 2.03. The summed E-state index contributed by atoms with van der Waals surface area (Å²) in [5, 5.41) is 3.30. The third-order valence-electron chi connectivity index (χ3n) is 2.16. The van der Waals surface area contributed by atoms with Gasteiger partial charge in [-0.3, -0.25) is 0 Å². The van der Waals surface area contributed by atoms with Crippen LogP contribution in [0.15, 0.2) is 11.0 Å². The first-order valence-electron chi connectivity index (χ1n) is 4.42. The van der Waals surface area contributed by atoms with E-state index in [1.165, 1.54) is 0 Å². The molecule has 5 nitrogen and oxygen atoms in total. The molecule has 1 aromatic rings. The Morgan fingerprint density at radius 1 is 1.69 bits per heavy atom. The van der Waals surface area contributed by atoms with Gasteiger partial charge in [-0.1, -0.05) is 0 Å². The molecule has 1 aromatic heterocycles. The third-order valence-corrected chi connectivity index (χ3v) is 2.16. The molecule has 13 heavy (non-hydrogen) atoms.